The molecule has 0 aliphatic carbocycles. The monoisotopic (exact) mass is 373 g/mol. The van der Waals surface area contributed by atoms with Crippen LogP contribution in [-0.2, 0) is 14.3 Å². The number of carbonyl (C=O) groups is 2. The zero-order valence-electron chi connectivity index (χ0n) is 12.9. The molecule has 11 heteroatoms. The topological polar surface area (TPSA) is 122 Å². The summed E-state index contributed by atoms with van der Waals surface area (Å²) in [6.45, 7) is -0.590. The van der Waals surface area contributed by atoms with Crippen LogP contribution in [0.4, 0.5) is 15.8 Å². The third-order valence-corrected chi connectivity index (χ3v) is 3.84. The van der Waals surface area contributed by atoms with Gasteiger partial charge in [-0.2, -0.15) is 0 Å². The molecule has 25 heavy (non-hydrogen) atoms. The van der Waals surface area contributed by atoms with Gasteiger partial charge in [0.25, 0.3) is 11.6 Å². The highest BCUT2D eigenvalue weighted by Crippen LogP contribution is 2.36. The maximum Gasteiger partial charge on any atom is 0.337 e. The molecule has 2 N–H and O–H groups in total. The van der Waals surface area contributed by atoms with E-state index in [0.29, 0.717) is 0 Å². The Labute approximate surface area is 145 Å². The number of esters is 1. The van der Waals surface area contributed by atoms with Gasteiger partial charge in [0.05, 0.1) is 30.8 Å². The lowest BCUT2D eigenvalue weighted by molar-refractivity contribution is -0.384. The van der Waals surface area contributed by atoms with Gasteiger partial charge >= 0.3 is 5.97 Å². The molecule has 0 atom stereocenters. The number of carbonyl (C=O) groups excluding carboxylic acids is 2. The molecular weight excluding hydrogens is 361 g/mol. The summed E-state index contributed by atoms with van der Waals surface area (Å²) in [6.07, 6.45) is 0. The molecule has 9 nitrogen and oxygen atoms in total. The third-order valence-electron chi connectivity index (χ3n) is 3.47. The molecule has 1 amide bonds. The molecule has 0 bridgehead atoms. The van der Waals surface area contributed by atoms with Crippen LogP contribution in [0.15, 0.2) is 23.4 Å². The smallest absolute Gasteiger partial charge is 0.337 e. The van der Waals surface area contributed by atoms with Gasteiger partial charge < -0.3 is 20.1 Å². The number of β-amino-alcohol motifs (C(OH)–C–C–N with tert-alkyl or cyclic N) is 1. The fraction of sp³-hybridized carbons (Fsp3) is 0.286. The number of rotatable bonds is 6. The van der Waals surface area contributed by atoms with Gasteiger partial charge in [-0.1, -0.05) is 11.6 Å². The molecule has 0 fully saturated rings. The molecule has 1 aliphatic heterocycles. The molecule has 0 unspecified atom stereocenters. The number of anilines is 1. The number of methoxy groups -OCH3 is 1. The van der Waals surface area contributed by atoms with Crippen molar-refractivity contribution in [3.63, 3.8) is 0 Å². The van der Waals surface area contributed by atoms with Crippen molar-refractivity contribution in [2.45, 2.75) is 0 Å². The van der Waals surface area contributed by atoms with Crippen LogP contribution in [0.5, 0.6) is 0 Å². The fourth-order valence-electron chi connectivity index (χ4n) is 2.29. The second-order valence-electron chi connectivity index (χ2n) is 4.93. The standard InChI is InChI=1S/C14H13ClFN3O6/c1-25-14(22)7-6-18(4-5-20)13(21)11(7)17-12-9(19(23)24)3-2-8(16)10(12)15/h2-3,17,20H,4-6H2,1H3. The first kappa shape index (κ1) is 18.6. The van der Waals surface area contributed by atoms with Crippen molar-refractivity contribution in [3.05, 3.63) is 44.4 Å². The number of benzene rings is 1. The summed E-state index contributed by atoms with van der Waals surface area (Å²) in [4.78, 5) is 35.7. The Morgan fingerprint density at radius 2 is 2.24 bits per heavy atom. The molecular formula is C14H13ClFN3O6. The van der Waals surface area contributed by atoms with Crippen LogP contribution < -0.4 is 5.32 Å². The van der Waals surface area contributed by atoms with Gasteiger partial charge in [-0.25, -0.2) is 9.18 Å². The number of amides is 1. The minimum absolute atomic E-state index is 0.0660. The number of aliphatic hydroxyl groups is 1. The van der Waals surface area contributed by atoms with Crippen molar-refractivity contribution in [1.82, 2.24) is 4.90 Å². The third kappa shape index (κ3) is 3.54. The van der Waals surface area contributed by atoms with E-state index >= 15 is 0 Å². The first-order chi connectivity index (χ1) is 11.8. The Balaban J connectivity index is 2.52. The number of nitrogens with zero attached hydrogens (tertiary/aromatic N) is 2. The molecule has 2 rings (SSSR count). The second kappa shape index (κ2) is 7.45. The number of ether oxygens (including phenoxy) is 1. The van der Waals surface area contributed by atoms with E-state index in [-0.39, 0.29) is 31.0 Å². The van der Waals surface area contributed by atoms with E-state index in [9.17, 15) is 24.1 Å². The van der Waals surface area contributed by atoms with Crippen molar-refractivity contribution < 1.29 is 28.7 Å². The van der Waals surface area contributed by atoms with Gasteiger partial charge in [0, 0.05) is 12.6 Å². The van der Waals surface area contributed by atoms with Crippen LogP contribution in [0.25, 0.3) is 0 Å². The lowest BCUT2D eigenvalue weighted by Gasteiger charge is -2.15. The Morgan fingerprint density at radius 3 is 2.80 bits per heavy atom. The number of nitro benzene ring substituents is 1. The van der Waals surface area contributed by atoms with Crippen LogP contribution in [-0.4, -0.2) is 53.6 Å². The summed E-state index contributed by atoms with van der Waals surface area (Å²) in [7, 11) is 1.10. The number of hydrogen-bond acceptors (Lipinski definition) is 7. The molecule has 0 radical (unpaired) electrons. The van der Waals surface area contributed by atoms with Gasteiger partial charge in [0.2, 0.25) is 0 Å². The van der Waals surface area contributed by atoms with E-state index in [2.05, 4.69) is 10.1 Å². The van der Waals surface area contributed by atoms with Crippen LogP contribution >= 0.6 is 11.6 Å². The van der Waals surface area contributed by atoms with Crippen LogP contribution in [0, 0.1) is 15.9 Å². The Morgan fingerprint density at radius 1 is 1.56 bits per heavy atom. The average Bonchev–Trinajstić information content (AvgIpc) is 2.88. The van der Waals surface area contributed by atoms with E-state index in [1.165, 1.54) is 0 Å². The van der Waals surface area contributed by atoms with Crippen molar-refractivity contribution in [2.75, 3.05) is 32.1 Å². The largest absolute Gasteiger partial charge is 0.466 e. The van der Waals surface area contributed by atoms with Gasteiger partial charge in [-0.05, 0) is 6.07 Å². The number of hydrogen-bond donors (Lipinski definition) is 2. The minimum atomic E-state index is -0.937. The van der Waals surface area contributed by atoms with Crippen molar-refractivity contribution in [2.24, 2.45) is 0 Å². The summed E-state index contributed by atoms with van der Waals surface area (Å²) in [5.41, 5.74) is -1.47. The number of nitro groups is 1. The van der Waals surface area contributed by atoms with E-state index in [0.717, 1.165) is 24.1 Å². The van der Waals surface area contributed by atoms with Crippen LogP contribution in [0.3, 0.4) is 0 Å². The normalized spacial score (nSPS) is 14.1. The molecule has 0 saturated heterocycles. The molecule has 1 aliphatic rings. The number of halogens is 2. The van der Waals surface area contributed by atoms with Gasteiger partial charge in [-0.3, -0.25) is 14.9 Å². The van der Waals surface area contributed by atoms with Crippen LogP contribution in [0.1, 0.15) is 0 Å². The lowest BCUT2D eigenvalue weighted by atomic mass is 10.2. The summed E-state index contributed by atoms with van der Waals surface area (Å²) in [5.74, 6) is -2.48. The number of aliphatic hydroxyl groups excluding tert-OH is 1. The quantitative estimate of drug-likeness (QED) is 0.434. The highest BCUT2D eigenvalue weighted by Gasteiger charge is 2.36. The molecule has 1 aromatic carbocycles. The van der Waals surface area contributed by atoms with E-state index < -0.39 is 39.0 Å². The Hall–Kier alpha value is -2.72. The average molecular weight is 374 g/mol. The summed E-state index contributed by atoms with van der Waals surface area (Å²) >= 11 is 5.78. The maximum absolute atomic E-state index is 13.7. The highest BCUT2D eigenvalue weighted by molar-refractivity contribution is 6.34. The molecule has 1 heterocycles. The van der Waals surface area contributed by atoms with Crippen LogP contribution in [0.2, 0.25) is 5.02 Å². The zero-order valence-corrected chi connectivity index (χ0v) is 13.7. The maximum atomic E-state index is 13.7. The fourth-order valence-corrected chi connectivity index (χ4v) is 2.49. The van der Waals surface area contributed by atoms with Gasteiger partial charge in [0.15, 0.2) is 0 Å². The SMILES string of the molecule is COC(=O)C1=C(Nc2c([N+](=O)[O-])ccc(F)c2Cl)C(=O)N(CCO)C1. The summed E-state index contributed by atoms with van der Waals surface area (Å²) in [6, 6.07) is 1.70. The van der Waals surface area contributed by atoms with Gasteiger partial charge in [-0.15, -0.1) is 0 Å². The van der Waals surface area contributed by atoms with Gasteiger partial charge in [0.1, 0.15) is 22.2 Å². The summed E-state index contributed by atoms with van der Waals surface area (Å²) < 4.78 is 18.3. The Bertz CT molecular complexity index is 782. The second-order valence-corrected chi connectivity index (χ2v) is 5.31. The first-order valence-corrected chi connectivity index (χ1v) is 7.30. The van der Waals surface area contributed by atoms with Crippen molar-refractivity contribution >= 4 is 34.9 Å². The summed E-state index contributed by atoms with van der Waals surface area (Å²) in [5, 5.41) is 21.9. The minimum Gasteiger partial charge on any atom is -0.466 e. The predicted molar refractivity (Wildman–Crippen MR) is 84.4 cm³/mol. The molecule has 134 valence electrons. The van der Waals surface area contributed by atoms with Crippen molar-refractivity contribution in [1.29, 1.82) is 0 Å². The highest BCUT2D eigenvalue weighted by atomic mass is 35.5. The van der Waals surface area contributed by atoms with E-state index in [4.69, 9.17) is 16.7 Å². The zero-order chi connectivity index (χ0) is 18.7. The molecule has 1 aromatic rings. The number of nitrogens with one attached hydrogen (secondary N) is 1. The lowest BCUT2D eigenvalue weighted by Crippen LogP contribution is -2.31. The molecule has 0 saturated carbocycles. The van der Waals surface area contributed by atoms with E-state index in [1.54, 1.807) is 0 Å². The van der Waals surface area contributed by atoms with Crippen molar-refractivity contribution in [3.8, 4) is 0 Å². The first-order valence-electron chi connectivity index (χ1n) is 6.92. The van der Waals surface area contributed by atoms with E-state index in [1.807, 2.05) is 0 Å². The Kier molecular flexibility index (Phi) is 5.55. The molecule has 0 spiro atoms. The molecule has 0 aromatic heterocycles. The predicted octanol–water partition coefficient (Wildman–Crippen LogP) is 1.06.